The lowest BCUT2D eigenvalue weighted by molar-refractivity contribution is 0.101. The molecule has 0 saturated heterocycles. The predicted octanol–water partition coefficient (Wildman–Crippen LogP) is 7.00. The highest BCUT2D eigenvalue weighted by molar-refractivity contribution is 6.31. The van der Waals surface area contributed by atoms with Crippen LogP contribution in [0.2, 0.25) is 0 Å². The minimum Gasteiger partial charge on any atom is -0.340 e. The molecular formula is C24H27Cl2NO2. The van der Waals surface area contributed by atoms with Crippen LogP contribution in [-0.4, -0.2) is 27.9 Å². The first kappa shape index (κ1) is 21.9. The highest BCUT2D eigenvalue weighted by Crippen LogP contribution is 2.31. The molecule has 0 saturated carbocycles. The van der Waals surface area contributed by atoms with Crippen LogP contribution in [0.5, 0.6) is 0 Å². The number of aryl methyl sites for hydroxylation is 1. The lowest BCUT2D eigenvalue weighted by Gasteiger charge is -2.08. The van der Waals surface area contributed by atoms with Crippen molar-refractivity contribution >= 4 is 56.6 Å². The molecule has 0 aliphatic heterocycles. The summed E-state index contributed by atoms with van der Waals surface area (Å²) in [5.41, 5.74) is 3.35. The van der Waals surface area contributed by atoms with Gasteiger partial charge in [-0.2, -0.15) is 0 Å². The Morgan fingerprint density at radius 2 is 1.24 bits per heavy atom. The van der Waals surface area contributed by atoms with Gasteiger partial charge in [0, 0.05) is 39.5 Å². The second-order valence-corrected chi connectivity index (χ2v) is 8.03. The summed E-state index contributed by atoms with van der Waals surface area (Å²) in [7, 11) is 0. The van der Waals surface area contributed by atoms with Crippen LogP contribution in [0.15, 0.2) is 36.4 Å². The predicted molar refractivity (Wildman–Crippen MR) is 123 cm³/mol. The molecule has 3 aromatic rings. The SMILES string of the molecule is CCCCCCCCn1c2ccc(C(=O)CCl)cc2c2cc(C(=O)CCl)ccc21. The fourth-order valence-electron chi connectivity index (χ4n) is 3.90. The quantitative estimate of drug-likeness (QED) is 0.186. The van der Waals surface area contributed by atoms with Crippen molar-refractivity contribution in [2.45, 2.75) is 52.0 Å². The van der Waals surface area contributed by atoms with E-state index in [1.54, 1.807) is 0 Å². The van der Waals surface area contributed by atoms with Gasteiger partial charge in [-0.3, -0.25) is 9.59 Å². The molecule has 2 aromatic carbocycles. The van der Waals surface area contributed by atoms with Gasteiger partial charge in [0.2, 0.25) is 0 Å². The van der Waals surface area contributed by atoms with Crippen LogP contribution in [0.4, 0.5) is 0 Å². The number of aromatic nitrogens is 1. The van der Waals surface area contributed by atoms with Gasteiger partial charge in [0.25, 0.3) is 0 Å². The summed E-state index contributed by atoms with van der Waals surface area (Å²) >= 11 is 11.5. The number of rotatable bonds is 11. The molecule has 3 rings (SSSR count). The molecule has 0 aliphatic rings. The summed E-state index contributed by atoms with van der Waals surface area (Å²) in [6.45, 7) is 3.14. The number of benzene rings is 2. The Morgan fingerprint density at radius 1 is 0.759 bits per heavy atom. The van der Waals surface area contributed by atoms with Crippen LogP contribution in [0.3, 0.4) is 0 Å². The third kappa shape index (κ3) is 4.84. The number of ketones is 2. The summed E-state index contributed by atoms with van der Waals surface area (Å²) in [6.07, 6.45) is 7.40. The number of hydrogen-bond donors (Lipinski definition) is 0. The molecule has 0 bridgehead atoms. The molecule has 0 fully saturated rings. The highest BCUT2D eigenvalue weighted by atomic mass is 35.5. The molecule has 5 heteroatoms. The van der Waals surface area contributed by atoms with Crippen LogP contribution in [-0.2, 0) is 6.54 Å². The van der Waals surface area contributed by atoms with E-state index in [1.165, 1.54) is 32.1 Å². The van der Waals surface area contributed by atoms with E-state index >= 15 is 0 Å². The van der Waals surface area contributed by atoms with Crippen molar-refractivity contribution in [3.63, 3.8) is 0 Å². The van der Waals surface area contributed by atoms with Crippen LogP contribution >= 0.6 is 23.2 Å². The summed E-state index contributed by atoms with van der Waals surface area (Å²) in [5.74, 6) is -0.285. The topological polar surface area (TPSA) is 39.1 Å². The third-order valence-electron chi connectivity index (χ3n) is 5.49. The monoisotopic (exact) mass is 431 g/mol. The zero-order chi connectivity index (χ0) is 20.8. The van der Waals surface area contributed by atoms with Crippen LogP contribution in [0.1, 0.15) is 66.2 Å². The van der Waals surface area contributed by atoms with Crippen molar-refractivity contribution in [2.24, 2.45) is 0 Å². The Hall–Kier alpha value is -1.84. The molecule has 3 nitrogen and oxygen atoms in total. The van der Waals surface area contributed by atoms with Gasteiger partial charge < -0.3 is 4.57 Å². The van der Waals surface area contributed by atoms with Crippen molar-refractivity contribution < 1.29 is 9.59 Å². The van der Waals surface area contributed by atoms with Crippen LogP contribution in [0, 0.1) is 0 Å². The van der Waals surface area contributed by atoms with Crippen molar-refractivity contribution in [3.05, 3.63) is 47.5 Å². The number of unbranched alkanes of at least 4 members (excludes halogenated alkanes) is 5. The van der Waals surface area contributed by atoms with E-state index in [4.69, 9.17) is 23.2 Å². The smallest absolute Gasteiger partial charge is 0.177 e. The zero-order valence-corrected chi connectivity index (χ0v) is 18.4. The first-order valence-electron chi connectivity index (χ1n) is 10.3. The maximum Gasteiger partial charge on any atom is 0.177 e. The van der Waals surface area contributed by atoms with Gasteiger partial charge in [-0.25, -0.2) is 0 Å². The van der Waals surface area contributed by atoms with Crippen molar-refractivity contribution in [2.75, 3.05) is 11.8 Å². The van der Waals surface area contributed by atoms with Crippen molar-refractivity contribution in [1.29, 1.82) is 0 Å². The summed E-state index contributed by atoms with van der Waals surface area (Å²) in [5, 5.41) is 1.96. The first-order valence-corrected chi connectivity index (χ1v) is 11.4. The molecular weight excluding hydrogens is 405 g/mol. The summed E-state index contributed by atoms with van der Waals surface area (Å²) in [6, 6.07) is 11.5. The molecule has 0 N–H and O–H groups in total. The molecule has 0 spiro atoms. The van der Waals surface area contributed by atoms with Crippen molar-refractivity contribution in [1.82, 2.24) is 4.57 Å². The standard InChI is InChI=1S/C24H27Cl2NO2/c1-2-3-4-5-6-7-12-27-21-10-8-17(23(28)15-25)13-19(21)20-14-18(24(29)16-26)9-11-22(20)27/h8-11,13-14H,2-7,12,15-16H2,1H3. The number of hydrogen-bond acceptors (Lipinski definition) is 2. The molecule has 0 radical (unpaired) electrons. The molecule has 0 aliphatic carbocycles. The molecule has 0 amide bonds. The Morgan fingerprint density at radius 3 is 1.72 bits per heavy atom. The number of carbonyl (C=O) groups excluding carboxylic acids is 2. The van der Waals surface area contributed by atoms with Gasteiger partial charge in [-0.15, -0.1) is 23.2 Å². The lowest BCUT2D eigenvalue weighted by atomic mass is 10.0. The van der Waals surface area contributed by atoms with Gasteiger partial charge in [-0.05, 0) is 42.8 Å². The fourth-order valence-corrected chi connectivity index (χ4v) is 4.21. The van der Waals surface area contributed by atoms with Gasteiger partial charge in [0.1, 0.15) is 0 Å². The van der Waals surface area contributed by atoms with Gasteiger partial charge >= 0.3 is 0 Å². The molecule has 0 atom stereocenters. The lowest BCUT2D eigenvalue weighted by Crippen LogP contribution is -2.01. The molecule has 154 valence electrons. The number of carbonyl (C=O) groups is 2. The Balaban J connectivity index is 2.01. The summed E-state index contributed by atoms with van der Waals surface area (Å²) in [4.78, 5) is 24.2. The minimum atomic E-state index is -0.0987. The highest BCUT2D eigenvalue weighted by Gasteiger charge is 2.15. The van der Waals surface area contributed by atoms with E-state index < -0.39 is 0 Å². The third-order valence-corrected chi connectivity index (χ3v) is 5.97. The average Bonchev–Trinajstić information content (AvgIpc) is 3.07. The molecule has 1 aromatic heterocycles. The minimum absolute atomic E-state index is 0.0438. The zero-order valence-electron chi connectivity index (χ0n) is 16.8. The van der Waals surface area contributed by atoms with E-state index in [9.17, 15) is 9.59 Å². The molecule has 1 heterocycles. The van der Waals surface area contributed by atoms with Crippen molar-refractivity contribution in [3.8, 4) is 0 Å². The maximum absolute atomic E-state index is 12.1. The van der Waals surface area contributed by atoms with E-state index in [0.29, 0.717) is 11.1 Å². The first-order chi connectivity index (χ1) is 14.1. The maximum atomic E-state index is 12.1. The number of alkyl halides is 2. The fraction of sp³-hybridized carbons (Fsp3) is 0.417. The van der Waals surface area contributed by atoms with E-state index in [0.717, 1.165) is 34.8 Å². The Bertz CT molecular complexity index is 949. The molecule has 0 unspecified atom stereocenters. The van der Waals surface area contributed by atoms with Crippen LogP contribution < -0.4 is 0 Å². The Labute approximate surface area is 182 Å². The van der Waals surface area contributed by atoms with Gasteiger partial charge in [0.15, 0.2) is 11.6 Å². The van der Waals surface area contributed by atoms with E-state index in [2.05, 4.69) is 11.5 Å². The summed E-state index contributed by atoms with van der Waals surface area (Å²) < 4.78 is 2.30. The number of nitrogens with zero attached hydrogens (tertiary/aromatic N) is 1. The normalized spacial score (nSPS) is 11.4. The number of halogens is 2. The number of Topliss-reactive ketones (excluding diaryl/α,β-unsaturated/α-hetero) is 2. The van der Waals surface area contributed by atoms with Gasteiger partial charge in [-0.1, -0.05) is 39.0 Å². The second kappa shape index (κ2) is 10.3. The average molecular weight is 432 g/mol. The second-order valence-electron chi connectivity index (χ2n) is 7.50. The van der Waals surface area contributed by atoms with Gasteiger partial charge in [0.05, 0.1) is 11.8 Å². The van der Waals surface area contributed by atoms with Crippen LogP contribution in [0.25, 0.3) is 21.8 Å². The van der Waals surface area contributed by atoms with E-state index in [1.807, 2.05) is 36.4 Å². The largest absolute Gasteiger partial charge is 0.340 e. The van der Waals surface area contributed by atoms with E-state index in [-0.39, 0.29) is 23.3 Å². The number of fused-ring (bicyclic) bond motifs is 3. The Kier molecular flexibility index (Phi) is 7.74. The molecule has 29 heavy (non-hydrogen) atoms.